The SMILES string of the molecule is CCCCCC/C=C1/NC(=O)CN(C(C)=O)C1=O. The van der Waals surface area contributed by atoms with Gasteiger partial charge in [-0.25, -0.2) is 0 Å². The van der Waals surface area contributed by atoms with Crippen LogP contribution >= 0.6 is 0 Å². The molecule has 0 bridgehead atoms. The molecule has 18 heavy (non-hydrogen) atoms. The van der Waals surface area contributed by atoms with Crippen LogP contribution in [0.3, 0.4) is 0 Å². The van der Waals surface area contributed by atoms with Gasteiger partial charge in [-0.2, -0.15) is 0 Å². The lowest BCUT2D eigenvalue weighted by atomic mass is 10.1. The lowest BCUT2D eigenvalue weighted by Crippen LogP contribution is -2.51. The van der Waals surface area contributed by atoms with Crippen molar-refractivity contribution >= 4 is 17.7 Å². The molecule has 1 heterocycles. The standard InChI is InChI=1S/C13H20N2O3/c1-3-4-5-6-7-8-11-13(18)15(10(2)16)9-12(17)14-11/h8H,3-7,9H2,1-2H3,(H,14,17)/b11-8+. The molecule has 100 valence electrons. The summed E-state index contributed by atoms with van der Waals surface area (Å²) in [6, 6.07) is 0. The Morgan fingerprint density at radius 1 is 1.33 bits per heavy atom. The first-order chi connectivity index (χ1) is 8.56. The number of imide groups is 1. The summed E-state index contributed by atoms with van der Waals surface area (Å²) in [5.74, 6) is -1.12. The van der Waals surface area contributed by atoms with Crippen molar-refractivity contribution in [1.29, 1.82) is 0 Å². The third kappa shape index (κ3) is 3.98. The number of carbonyl (C=O) groups is 3. The van der Waals surface area contributed by atoms with Crippen molar-refractivity contribution in [3.8, 4) is 0 Å². The number of unbranched alkanes of at least 4 members (excludes halogenated alkanes) is 4. The van der Waals surface area contributed by atoms with Crippen LogP contribution < -0.4 is 5.32 Å². The summed E-state index contributed by atoms with van der Waals surface area (Å²) < 4.78 is 0. The molecule has 0 aromatic rings. The zero-order chi connectivity index (χ0) is 13.5. The Bertz CT molecular complexity index is 374. The van der Waals surface area contributed by atoms with Gasteiger partial charge in [-0.1, -0.05) is 32.3 Å². The number of nitrogens with zero attached hydrogens (tertiary/aromatic N) is 1. The minimum atomic E-state index is -0.405. The quantitative estimate of drug-likeness (QED) is 0.593. The average molecular weight is 252 g/mol. The molecule has 1 rings (SSSR count). The number of rotatable bonds is 5. The lowest BCUT2D eigenvalue weighted by molar-refractivity contribution is -0.147. The minimum absolute atomic E-state index is 0.179. The van der Waals surface area contributed by atoms with E-state index in [0.29, 0.717) is 0 Å². The smallest absolute Gasteiger partial charge is 0.277 e. The van der Waals surface area contributed by atoms with Gasteiger partial charge in [0.05, 0.1) is 0 Å². The maximum absolute atomic E-state index is 11.9. The van der Waals surface area contributed by atoms with Gasteiger partial charge in [-0.3, -0.25) is 19.3 Å². The Morgan fingerprint density at radius 3 is 2.67 bits per heavy atom. The van der Waals surface area contributed by atoms with Gasteiger partial charge in [0.2, 0.25) is 11.8 Å². The first-order valence-corrected chi connectivity index (χ1v) is 6.38. The van der Waals surface area contributed by atoms with Crippen molar-refractivity contribution < 1.29 is 14.4 Å². The zero-order valence-electron chi connectivity index (χ0n) is 11.0. The van der Waals surface area contributed by atoms with E-state index < -0.39 is 11.8 Å². The third-order valence-corrected chi connectivity index (χ3v) is 2.84. The van der Waals surface area contributed by atoms with Crippen molar-refractivity contribution in [2.45, 2.75) is 46.0 Å². The molecule has 0 unspecified atom stereocenters. The number of hydrogen-bond donors (Lipinski definition) is 1. The summed E-state index contributed by atoms with van der Waals surface area (Å²) in [7, 11) is 0. The number of nitrogens with one attached hydrogen (secondary N) is 1. The first-order valence-electron chi connectivity index (χ1n) is 6.38. The fourth-order valence-corrected chi connectivity index (χ4v) is 1.81. The van der Waals surface area contributed by atoms with E-state index in [1.807, 2.05) is 0 Å². The van der Waals surface area contributed by atoms with Gasteiger partial charge >= 0.3 is 0 Å². The molecule has 0 aliphatic carbocycles. The Morgan fingerprint density at radius 2 is 2.06 bits per heavy atom. The van der Waals surface area contributed by atoms with E-state index in [-0.39, 0.29) is 18.1 Å². The van der Waals surface area contributed by atoms with Gasteiger partial charge in [0.15, 0.2) is 0 Å². The Kier molecular flexibility index (Phi) is 5.55. The highest BCUT2D eigenvalue weighted by Crippen LogP contribution is 2.09. The van der Waals surface area contributed by atoms with Crippen LogP contribution in [-0.4, -0.2) is 29.2 Å². The van der Waals surface area contributed by atoms with Gasteiger partial charge in [0, 0.05) is 6.92 Å². The molecule has 1 aliphatic heterocycles. The molecule has 1 fully saturated rings. The molecule has 0 atom stereocenters. The molecule has 3 amide bonds. The Labute approximate surface area is 107 Å². The van der Waals surface area contributed by atoms with E-state index >= 15 is 0 Å². The summed E-state index contributed by atoms with van der Waals surface area (Å²) in [5, 5.41) is 2.52. The largest absolute Gasteiger partial charge is 0.320 e. The van der Waals surface area contributed by atoms with E-state index in [0.717, 1.165) is 30.6 Å². The zero-order valence-corrected chi connectivity index (χ0v) is 11.0. The second-order valence-electron chi connectivity index (χ2n) is 4.43. The second kappa shape index (κ2) is 6.93. The van der Waals surface area contributed by atoms with Crippen LogP contribution in [-0.2, 0) is 14.4 Å². The van der Waals surface area contributed by atoms with Gasteiger partial charge in [-0.05, 0) is 12.8 Å². The highest BCUT2D eigenvalue weighted by atomic mass is 16.2. The molecule has 0 aromatic carbocycles. The predicted molar refractivity (Wildman–Crippen MR) is 67.4 cm³/mol. The first kappa shape index (κ1) is 14.4. The molecule has 0 aromatic heterocycles. The highest BCUT2D eigenvalue weighted by Gasteiger charge is 2.30. The average Bonchev–Trinajstić information content (AvgIpc) is 2.32. The predicted octanol–water partition coefficient (Wildman–Crippen LogP) is 1.35. The van der Waals surface area contributed by atoms with Crippen LogP contribution in [0.4, 0.5) is 0 Å². The summed E-state index contributed by atoms with van der Waals surface area (Å²) >= 11 is 0. The van der Waals surface area contributed by atoms with Crippen LogP contribution in [0, 0.1) is 0 Å². The van der Waals surface area contributed by atoms with Gasteiger partial charge in [0.25, 0.3) is 5.91 Å². The summed E-state index contributed by atoms with van der Waals surface area (Å²) in [5.41, 5.74) is 0.234. The monoisotopic (exact) mass is 252 g/mol. The normalized spacial score (nSPS) is 18.1. The fraction of sp³-hybridized carbons (Fsp3) is 0.615. The van der Waals surface area contributed by atoms with Crippen LogP contribution in [0.5, 0.6) is 0 Å². The number of allylic oxidation sites excluding steroid dienone is 1. The number of carbonyl (C=O) groups excluding carboxylic acids is 3. The van der Waals surface area contributed by atoms with E-state index in [2.05, 4.69) is 12.2 Å². The van der Waals surface area contributed by atoms with Crippen LogP contribution in [0.15, 0.2) is 11.8 Å². The molecule has 0 radical (unpaired) electrons. The molecular weight excluding hydrogens is 232 g/mol. The van der Waals surface area contributed by atoms with Crippen molar-refractivity contribution in [3.05, 3.63) is 11.8 Å². The van der Waals surface area contributed by atoms with Crippen molar-refractivity contribution in [1.82, 2.24) is 10.2 Å². The van der Waals surface area contributed by atoms with E-state index in [1.165, 1.54) is 13.3 Å². The maximum atomic E-state index is 11.9. The van der Waals surface area contributed by atoms with Crippen LogP contribution in [0.25, 0.3) is 0 Å². The number of amides is 3. The molecule has 1 aliphatic rings. The number of hydrogen-bond acceptors (Lipinski definition) is 3. The molecule has 5 heteroatoms. The van der Waals surface area contributed by atoms with Gasteiger partial charge < -0.3 is 5.32 Å². The van der Waals surface area contributed by atoms with Crippen LogP contribution in [0.1, 0.15) is 46.0 Å². The Balaban J connectivity index is 2.57. The number of piperazine rings is 1. The van der Waals surface area contributed by atoms with Crippen molar-refractivity contribution in [3.63, 3.8) is 0 Å². The highest BCUT2D eigenvalue weighted by molar-refractivity contribution is 6.10. The minimum Gasteiger partial charge on any atom is -0.320 e. The summed E-state index contributed by atoms with van der Waals surface area (Å²) in [6.45, 7) is 3.24. The second-order valence-corrected chi connectivity index (χ2v) is 4.43. The maximum Gasteiger partial charge on any atom is 0.277 e. The molecule has 1 N–H and O–H groups in total. The van der Waals surface area contributed by atoms with Gasteiger partial charge in [-0.15, -0.1) is 0 Å². The van der Waals surface area contributed by atoms with Gasteiger partial charge in [0.1, 0.15) is 12.2 Å². The van der Waals surface area contributed by atoms with E-state index in [9.17, 15) is 14.4 Å². The Hall–Kier alpha value is -1.65. The van der Waals surface area contributed by atoms with E-state index in [4.69, 9.17) is 0 Å². The molecular formula is C13H20N2O3. The fourth-order valence-electron chi connectivity index (χ4n) is 1.81. The van der Waals surface area contributed by atoms with Crippen molar-refractivity contribution in [2.24, 2.45) is 0 Å². The summed E-state index contributed by atoms with van der Waals surface area (Å²) in [4.78, 5) is 35.4. The third-order valence-electron chi connectivity index (χ3n) is 2.84. The topological polar surface area (TPSA) is 66.5 Å². The molecule has 0 spiro atoms. The molecule has 1 saturated heterocycles. The summed E-state index contributed by atoms with van der Waals surface area (Å²) in [6.07, 6.45) is 6.88. The molecule has 0 saturated carbocycles. The van der Waals surface area contributed by atoms with E-state index in [1.54, 1.807) is 6.08 Å². The van der Waals surface area contributed by atoms with Crippen molar-refractivity contribution in [2.75, 3.05) is 6.54 Å². The lowest BCUT2D eigenvalue weighted by Gasteiger charge is -2.25. The van der Waals surface area contributed by atoms with Crippen LogP contribution in [0.2, 0.25) is 0 Å². The molecule has 5 nitrogen and oxygen atoms in total.